The highest BCUT2D eigenvalue weighted by Gasteiger charge is 2.39. The van der Waals surface area contributed by atoms with Gasteiger partial charge < -0.3 is 10.2 Å². The van der Waals surface area contributed by atoms with E-state index in [1.54, 1.807) is 18.7 Å². The third kappa shape index (κ3) is 4.08. The third-order valence-corrected chi connectivity index (χ3v) is 4.37. The number of carbonyl (C=O) groups is 2. The largest absolute Gasteiger partial charge is 0.325 e. The van der Waals surface area contributed by atoms with E-state index in [0.717, 1.165) is 22.5 Å². The Kier molecular flexibility index (Phi) is 5.62. The van der Waals surface area contributed by atoms with Crippen molar-refractivity contribution >= 4 is 23.2 Å². The van der Waals surface area contributed by atoms with Gasteiger partial charge in [0.05, 0.1) is 0 Å². The Labute approximate surface area is 149 Å². The van der Waals surface area contributed by atoms with Gasteiger partial charge in [-0.25, -0.2) is 0 Å². The summed E-state index contributed by atoms with van der Waals surface area (Å²) in [5, 5.41) is 2.92. The van der Waals surface area contributed by atoms with Crippen LogP contribution in [-0.2, 0) is 9.59 Å². The molecule has 0 aliphatic rings. The van der Waals surface area contributed by atoms with Crippen LogP contribution in [-0.4, -0.2) is 18.4 Å². The summed E-state index contributed by atoms with van der Waals surface area (Å²) < 4.78 is 0. The first-order chi connectivity index (χ1) is 11.8. The molecule has 0 radical (unpaired) electrons. The Morgan fingerprint density at radius 2 is 1.68 bits per heavy atom. The molecule has 1 N–H and O–H groups in total. The standard InChI is InChI=1S/C21H26N2O2/c1-6-23(17-10-8-7-9-11-17)20(25)21(4,5)19(24)22-18-14-15(2)12-13-16(18)3/h7-14H,6H2,1-5H3,(H,22,24). The summed E-state index contributed by atoms with van der Waals surface area (Å²) in [5.74, 6) is -0.524. The molecule has 4 heteroatoms. The topological polar surface area (TPSA) is 49.4 Å². The van der Waals surface area contributed by atoms with E-state index in [1.807, 2.05) is 69.3 Å². The van der Waals surface area contributed by atoms with Gasteiger partial charge in [0.2, 0.25) is 11.8 Å². The lowest BCUT2D eigenvalue weighted by Gasteiger charge is -2.30. The second kappa shape index (κ2) is 7.51. The zero-order valence-electron chi connectivity index (χ0n) is 15.6. The van der Waals surface area contributed by atoms with Crippen molar-refractivity contribution in [2.45, 2.75) is 34.6 Å². The molecule has 2 rings (SSSR count). The highest BCUT2D eigenvalue weighted by Crippen LogP contribution is 2.26. The smallest absolute Gasteiger partial charge is 0.242 e. The number of nitrogens with zero attached hydrogens (tertiary/aromatic N) is 1. The van der Waals surface area contributed by atoms with Crippen molar-refractivity contribution in [3.8, 4) is 0 Å². The zero-order chi connectivity index (χ0) is 18.6. The molecule has 0 saturated carbocycles. The van der Waals surface area contributed by atoms with Crippen LogP contribution in [0.3, 0.4) is 0 Å². The van der Waals surface area contributed by atoms with Crippen LogP contribution >= 0.6 is 0 Å². The van der Waals surface area contributed by atoms with Crippen molar-refractivity contribution in [2.75, 3.05) is 16.8 Å². The minimum Gasteiger partial charge on any atom is -0.325 e. The molecule has 132 valence electrons. The van der Waals surface area contributed by atoms with Crippen molar-refractivity contribution in [3.63, 3.8) is 0 Å². The first kappa shape index (κ1) is 18.7. The minimum absolute atomic E-state index is 0.219. The molecule has 0 bridgehead atoms. The summed E-state index contributed by atoms with van der Waals surface area (Å²) in [6.45, 7) is 9.65. The van der Waals surface area contributed by atoms with Crippen molar-refractivity contribution in [3.05, 3.63) is 59.7 Å². The van der Waals surface area contributed by atoms with Crippen LogP contribution in [0.2, 0.25) is 0 Å². The lowest BCUT2D eigenvalue weighted by Crippen LogP contribution is -2.47. The second-order valence-corrected chi connectivity index (χ2v) is 6.78. The van der Waals surface area contributed by atoms with Crippen LogP contribution in [0.1, 0.15) is 31.9 Å². The van der Waals surface area contributed by atoms with E-state index in [-0.39, 0.29) is 11.8 Å². The van der Waals surface area contributed by atoms with Crippen molar-refractivity contribution < 1.29 is 9.59 Å². The quantitative estimate of drug-likeness (QED) is 0.825. The normalized spacial score (nSPS) is 11.1. The van der Waals surface area contributed by atoms with Gasteiger partial charge in [-0.05, 0) is 63.9 Å². The molecule has 2 aromatic carbocycles. The van der Waals surface area contributed by atoms with Crippen LogP contribution < -0.4 is 10.2 Å². The van der Waals surface area contributed by atoms with E-state index < -0.39 is 5.41 Å². The van der Waals surface area contributed by atoms with E-state index in [9.17, 15) is 9.59 Å². The maximum Gasteiger partial charge on any atom is 0.242 e. The lowest BCUT2D eigenvalue weighted by molar-refractivity contribution is -0.136. The van der Waals surface area contributed by atoms with E-state index in [2.05, 4.69) is 5.32 Å². The first-order valence-electron chi connectivity index (χ1n) is 8.53. The van der Waals surface area contributed by atoms with Gasteiger partial charge in [0.15, 0.2) is 0 Å². The molecule has 0 aromatic heterocycles. The average Bonchev–Trinajstić information content (AvgIpc) is 2.59. The van der Waals surface area contributed by atoms with Crippen LogP contribution in [0.25, 0.3) is 0 Å². The summed E-state index contributed by atoms with van der Waals surface area (Å²) >= 11 is 0. The molecule has 0 fully saturated rings. The fourth-order valence-corrected chi connectivity index (χ4v) is 2.63. The number of benzene rings is 2. The van der Waals surface area contributed by atoms with Crippen LogP contribution in [0.4, 0.5) is 11.4 Å². The number of aryl methyl sites for hydroxylation is 2. The summed E-state index contributed by atoms with van der Waals surface area (Å²) in [5.41, 5.74) is 2.39. The maximum absolute atomic E-state index is 13.0. The monoisotopic (exact) mass is 338 g/mol. The number of hydrogen-bond donors (Lipinski definition) is 1. The van der Waals surface area contributed by atoms with Crippen molar-refractivity contribution in [1.29, 1.82) is 0 Å². The molecule has 0 spiro atoms. The van der Waals surface area contributed by atoms with Crippen molar-refractivity contribution in [2.24, 2.45) is 5.41 Å². The third-order valence-electron chi connectivity index (χ3n) is 4.37. The molecule has 0 aliphatic heterocycles. The number of amides is 2. The Hall–Kier alpha value is -2.62. The number of carbonyl (C=O) groups excluding carboxylic acids is 2. The fourth-order valence-electron chi connectivity index (χ4n) is 2.63. The summed E-state index contributed by atoms with van der Waals surface area (Å²) in [7, 11) is 0. The molecule has 0 atom stereocenters. The molecule has 2 aromatic rings. The summed E-state index contributed by atoms with van der Waals surface area (Å²) in [6, 6.07) is 15.3. The Bertz CT molecular complexity index is 767. The Morgan fingerprint density at radius 1 is 1.04 bits per heavy atom. The highest BCUT2D eigenvalue weighted by atomic mass is 16.2. The highest BCUT2D eigenvalue weighted by molar-refractivity contribution is 6.15. The molecular formula is C21H26N2O2. The van der Waals surface area contributed by atoms with Gasteiger partial charge in [0.1, 0.15) is 5.41 Å². The van der Waals surface area contributed by atoms with E-state index in [1.165, 1.54) is 0 Å². The zero-order valence-corrected chi connectivity index (χ0v) is 15.6. The van der Waals surface area contributed by atoms with Gasteiger partial charge in [0, 0.05) is 17.9 Å². The lowest BCUT2D eigenvalue weighted by atomic mass is 9.89. The van der Waals surface area contributed by atoms with E-state index in [4.69, 9.17) is 0 Å². The Balaban J connectivity index is 2.25. The van der Waals surface area contributed by atoms with Gasteiger partial charge in [-0.2, -0.15) is 0 Å². The summed E-state index contributed by atoms with van der Waals surface area (Å²) in [6.07, 6.45) is 0. The van der Waals surface area contributed by atoms with E-state index in [0.29, 0.717) is 6.54 Å². The van der Waals surface area contributed by atoms with Gasteiger partial charge in [0.25, 0.3) is 0 Å². The molecule has 25 heavy (non-hydrogen) atoms. The van der Waals surface area contributed by atoms with Crippen LogP contribution in [0, 0.1) is 19.3 Å². The maximum atomic E-state index is 13.0. The molecule has 0 unspecified atom stereocenters. The Morgan fingerprint density at radius 3 is 2.28 bits per heavy atom. The number of nitrogens with one attached hydrogen (secondary N) is 1. The van der Waals surface area contributed by atoms with E-state index >= 15 is 0 Å². The van der Waals surface area contributed by atoms with Gasteiger partial charge in [-0.3, -0.25) is 9.59 Å². The predicted octanol–water partition coefficient (Wildman–Crippen LogP) is 4.32. The SMILES string of the molecule is CCN(C(=O)C(C)(C)C(=O)Nc1cc(C)ccc1C)c1ccccc1. The molecule has 0 saturated heterocycles. The predicted molar refractivity (Wildman–Crippen MR) is 103 cm³/mol. The minimum atomic E-state index is -1.18. The molecule has 2 amide bonds. The van der Waals surface area contributed by atoms with Crippen LogP contribution in [0.5, 0.6) is 0 Å². The van der Waals surface area contributed by atoms with Gasteiger partial charge in [-0.15, -0.1) is 0 Å². The summed E-state index contributed by atoms with van der Waals surface area (Å²) in [4.78, 5) is 27.5. The number of anilines is 2. The number of hydrogen-bond acceptors (Lipinski definition) is 2. The average molecular weight is 338 g/mol. The fraction of sp³-hybridized carbons (Fsp3) is 0.333. The van der Waals surface area contributed by atoms with Crippen LogP contribution in [0.15, 0.2) is 48.5 Å². The number of rotatable bonds is 5. The molecule has 0 aliphatic carbocycles. The molecule has 0 heterocycles. The second-order valence-electron chi connectivity index (χ2n) is 6.78. The van der Waals surface area contributed by atoms with Crippen molar-refractivity contribution in [1.82, 2.24) is 0 Å². The first-order valence-corrected chi connectivity index (χ1v) is 8.53. The molecule has 4 nitrogen and oxygen atoms in total. The number of para-hydroxylation sites is 1. The molecular weight excluding hydrogens is 312 g/mol. The van der Waals surface area contributed by atoms with Gasteiger partial charge in [-0.1, -0.05) is 30.3 Å². The van der Waals surface area contributed by atoms with Gasteiger partial charge >= 0.3 is 0 Å².